The highest BCUT2D eigenvalue weighted by atomic mass is 16.5. The van der Waals surface area contributed by atoms with Crippen LogP contribution in [0, 0.1) is 5.92 Å². The van der Waals surface area contributed by atoms with Gasteiger partial charge in [-0.2, -0.15) is 0 Å². The molecule has 0 bridgehead atoms. The summed E-state index contributed by atoms with van der Waals surface area (Å²) < 4.78 is 5.27. The average molecular weight is 267 g/mol. The van der Waals surface area contributed by atoms with Gasteiger partial charge in [-0.25, -0.2) is 0 Å². The molecule has 1 fully saturated rings. The second kappa shape index (κ2) is 8.36. The fourth-order valence-electron chi connectivity index (χ4n) is 2.09. The summed E-state index contributed by atoms with van der Waals surface area (Å²) in [5.74, 6) is 0.575. The van der Waals surface area contributed by atoms with Crippen LogP contribution < -0.4 is 0 Å². The van der Waals surface area contributed by atoms with Gasteiger partial charge in [-0.1, -0.05) is 18.6 Å². The Morgan fingerprint density at radius 1 is 1.42 bits per heavy atom. The Kier molecular flexibility index (Phi) is 7.14. The van der Waals surface area contributed by atoms with Crippen molar-refractivity contribution in [2.45, 2.75) is 59.4 Å². The molecule has 3 heteroatoms. The lowest BCUT2D eigenvalue weighted by atomic mass is 10.0. The highest BCUT2D eigenvalue weighted by Crippen LogP contribution is 2.16. The number of carbonyl (C=O) groups is 1. The lowest BCUT2D eigenvalue weighted by Gasteiger charge is -2.10. The number of hydrogen-bond donors (Lipinski definition) is 0. The topological polar surface area (TPSA) is 29.3 Å². The molecule has 0 N–H and O–H groups in total. The maximum Gasteiger partial charge on any atom is 0.307 e. The summed E-state index contributed by atoms with van der Waals surface area (Å²) in [5, 5.41) is 0. The second-order valence-corrected chi connectivity index (χ2v) is 6.07. The minimum atomic E-state index is -0.0457. The lowest BCUT2D eigenvalue weighted by molar-refractivity contribution is -0.144. The third-order valence-electron chi connectivity index (χ3n) is 3.68. The number of rotatable bonds is 9. The molecule has 0 saturated carbocycles. The van der Waals surface area contributed by atoms with Crippen molar-refractivity contribution in [2.24, 2.45) is 5.92 Å². The van der Waals surface area contributed by atoms with Crippen molar-refractivity contribution >= 4 is 5.97 Å². The second-order valence-electron chi connectivity index (χ2n) is 6.07. The van der Waals surface area contributed by atoms with E-state index in [0.29, 0.717) is 25.0 Å². The zero-order valence-corrected chi connectivity index (χ0v) is 12.9. The number of nitrogens with zero attached hydrogens (tertiary/aromatic N) is 1. The molecule has 1 heterocycles. The van der Waals surface area contributed by atoms with Crippen LogP contribution in [0.15, 0.2) is 11.6 Å². The van der Waals surface area contributed by atoms with E-state index in [2.05, 4.69) is 38.7 Å². The number of esters is 1. The first kappa shape index (κ1) is 16.2. The molecule has 0 aliphatic carbocycles. The van der Waals surface area contributed by atoms with Gasteiger partial charge in [-0.3, -0.25) is 9.69 Å². The third kappa shape index (κ3) is 8.04. The molecular formula is C16H29NO2. The largest absolute Gasteiger partial charge is 0.466 e. The van der Waals surface area contributed by atoms with Gasteiger partial charge >= 0.3 is 5.97 Å². The lowest BCUT2D eigenvalue weighted by Crippen LogP contribution is -2.13. The number of ether oxygens (including phenoxy) is 1. The molecule has 0 aromatic heterocycles. The molecule has 0 spiro atoms. The van der Waals surface area contributed by atoms with Gasteiger partial charge in [0.15, 0.2) is 0 Å². The van der Waals surface area contributed by atoms with Gasteiger partial charge in [0.25, 0.3) is 0 Å². The van der Waals surface area contributed by atoms with E-state index in [1.807, 2.05) is 0 Å². The molecular weight excluding hydrogens is 238 g/mol. The van der Waals surface area contributed by atoms with E-state index in [1.165, 1.54) is 12.0 Å². The Hall–Kier alpha value is -0.830. The minimum Gasteiger partial charge on any atom is -0.466 e. The Bertz CT molecular complexity index is 308. The van der Waals surface area contributed by atoms with Gasteiger partial charge in [-0.05, 0) is 46.0 Å². The van der Waals surface area contributed by atoms with Crippen molar-refractivity contribution in [3.63, 3.8) is 0 Å². The van der Waals surface area contributed by atoms with Crippen LogP contribution in [-0.2, 0) is 9.53 Å². The van der Waals surface area contributed by atoms with Gasteiger partial charge in [0.05, 0.1) is 13.0 Å². The molecule has 0 aromatic carbocycles. The van der Waals surface area contributed by atoms with Crippen LogP contribution in [0.2, 0.25) is 0 Å². The predicted octanol–water partition coefficient (Wildman–Crippen LogP) is 3.40. The molecule has 110 valence electrons. The number of allylic oxidation sites excluding steroid dienone is 2. The first-order chi connectivity index (χ1) is 8.99. The SMILES string of the molecule is CC(C)=CCCC(C)CCOC(=O)CCN1CC1C. The van der Waals surface area contributed by atoms with E-state index in [0.717, 1.165) is 25.9 Å². The number of hydrogen-bond acceptors (Lipinski definition) is 3. The standard InChI is InChI=1S/C16H29NO2/c1-13(2)6-5-7-14(3)9-11-19-16(18)8-10-17-12-15(17)4/h6,14-15H,5,7-12H2,1-4H3. The fourth-order valence-corrected chi connectivity index (χ4v) is 2.09. The predicted molar refractivity (Wildman–Crippen MR) is 79.1 cm³/mol. The smallest absolute Gasteiger partial charge is 0.307 e. The maximum atomic E-state index is 11.5. The maximum absolute atomic E-state index is 11.5. The minimum absolute atomic E-state index is 0.0457. The van der Waals surface area contributed by atoms with Gasteiger partial charge in [0, 0.05) is 19.1 Å². The summed E-state index contributed by atoms with van der Waals surface area (Å²) in [5.41, 5.74) is 1.38. The normalized spacial score (nSPS) is 22.7. The molecule has 19 heavy (non-hydrogen) atoms. The quantitative estimate of drug-likeness (QED) is 0.364. The summed E-state index contributed by atoms with van der Waals surface area (Å²) in [4.78, 5) is 13.8. The highest BCUT2D eigenvalue weighted by Gasteiger charge is 2.28. The summed E-state index contributed by atoms with van der Waals surface area (Å²) in [6.07, 6.45) is 6.09. The monoisotopic (exact) mass is 267 g/mol. The molecule has 1 rings (SSSR count). The third-order valence-corrected chi connectivity index (χ3v) is 3.68. The first-order valence-corrected chi connectivity index (χ1v) is 7.52. The van der Waals surface area contributed by atoms with Gasteiger partial charge < -0.3 is 4.74 Å². The number of carbonyl (C=O) groups excluding carboxylic acids is 1. The van der Waals surface area contributed by atoms with E-state index < -0.39 is 0 Å². The van der Waals surface area contributed by atoms with Crippen molar-refractivity contribution in [3.05, 3.63) is 11.6 Å². The summed E-state index contributed by atoms with van der Waals surface area (Å²) in [6, 6.07) is 0.669. The summed E-state index contributed by atoms with van der Waals surface area (Å²) in [7, 11) is 0. The Labute approximate surface area is 118 Å². The molecule has 0 amide bonds. The molecule has 1 aliphatic rings. The Balaban J connectivity index is 1.96. The Morgan fingerprint density at radius 3 is 2.68 bits per heavy atom. The summed E-state index contributed by atoms with van der Waals surface area (Å²) in [6.45, 7) is 11.2. The van der Waals surface area contributed by atoms with Crippen LogP contribution in [0.25, 0.3) is 0 Å². The van der Waals surface area contributed by atoms with Crippen LogP contribution in [0.1, 0.15) is 53.4 Å². The van der Waals surface area contributed by atoms with Crippen LogP contribution in [-0.4, -0.2) is 36.6 Å². The Morgan fingerprint density at radius 2 is 2.11 bits per heavy atom. The molecule has 1 saturated heterocycles. The molecule has 1 aliphatic heterocycles. The van der Waals surface area contributed by atoms with Crippen LogP contribution in [0.3, 0.4) is 0 Å². The van der Waals surface area contributed by atoms with Crippen molar-refractivity contribution in [1.29, 1.82) is 0 Å². The summed E-state index contributed by atoms with van der Waals surface area (Å²) >= 11 is 0. The zero-order chi connectivity index (χ0) is 14.3. The van der Waals surface area contributed by atoms with Crippen molar-refractivity contribution in [3.8, 4) is 0 Å². The fraction of sp³-hybridized carbons (Fsp3) is 0.812. The van der Waals surface area contributed by atoms with Crippen LogP contribution in [0.5, 0.6) is 0 Å². The molecule has 3 unspecified atom stereocenters. The average Bonchev–Trinajstić information content (AvgIpc) is 3.02. The van der Waals surface area contributed by atoms with Crippen molar-refractivity contribution in [1.82, 2.24) is 4.90 Å². The van der Waals surface area contributed by atoms with Gasteiger partial charge in [-0.15, -0.1) is 0 Å². The molecule has 0 radical (unpaired) electrons. The van der Waals surface area contributed by atoms with Crippen LogP contribution in [0.4, 0.5) is 0 Å². The van der Waals surface area contributed by atoms with E-state index in [1.54, 1.807) is 0 Å². The zero-order valence-electron chi connectivity index (χ0n) is 12.9. The molecule has 3 atom stereocenters. The van der Waals surface area contributed by atoms with Crippen molar-refractivity contribution < 1.29 is 9.53 Å². The van der Waals surface area contributed by atoms with Crippen LogP contribution >= 0.6 is 0 Å². The van der Waals surface area contributed by atoms with Gasteiger partial charge in [0.1, 0.15) is 0 Å². The molecule has 3 nitrogen and oxygen atoms in total. The van der Waals surface area contributed by atoms with E-state index >= 15 is 0 Å². The van der Waals surface area contributed by atoms with E-state index in [9.17, 15) is 4.79 Å². The highest BCUT2D eigenvalue weighted by molar-refractivity contribution is 5.69. The van der Waals surface area contributed by atoms with E-state index in [4.69, 9.17) is 4.74 Å². The first-order valence-electron chi connectivity index (χ1n) is 7.52. The van der Waals surface area contributed by atoms with E-state index in [-0.39, 0.29) is 5.97 Å². The van der Waals surface area contributed by atoms with Gasteiger partial charge in [0.2, 0.25) is 0 Å². The molecule has 0 aromatic rings. The van der Waals surface area contributed by atoms with Crippen molar-refractivity contribution in [2.75, 3.05) is 19.7 Å².